The molecule has 0 heterocycles. The summed E-state index contributed by atoms with van der Waals surface area (Å²) in [5.74, 6) is -1.94. The Hall–Kier alpha value is -2.14. The second-order valence-corrected chi connectivity index (χ2v) is 6.13. The number of hydrogen-bond donors (Lipinski definition) is 2. The molecular formula is C18H22F2N2O. The SMILES string of the molecule is Cc1cc(CN(C)C)cc(NC(C)c2c(O)cc(F)cc2F)c1. The minimum Gasteiger partial charge on any atom is -0.507 e. The van der Waals surface area contributed by atoms with Gasteiger partial charge < -0.3 is 15.3 Å². The molecule has 0 aliphatic rings. The number of rotatable bonds is 5. The fraction of sp³-hybridized carbons (Fsp3) is 0.333. The topological polar surface area (TPSA) is 35.5 Å². The maximum atomic E-state index is 13.9. The Kier molecular flexibility index (Phi) is 5.21. The molecule has 1 unspecified atom stereocenters. The molecule has 0 bridgehead atoms. The van der Waals surface area contributed by atoms with Crippen molar-refractivity contribution in [1.82, 2.24) is 4.90 Å². The lowest BCUT2D eigenvalue weighted by Crippen LogP contribution is -2.12. The minimum absolute atomic E-state index is 0.0575. The minimum atomic E-state index is -0.792. The standard InChI is InChI=1S/C18H22F2N2O/c1-11-5-13(10-22(3)4)7-15(6-11)21-12(2)18-16(20)8-14(19)9-17(18)23/h5-9,12,21,23H,10H2,1-4H3. The molecule has 0 saturated heterocycles. The van der Waals surface area contributed by atoms with E-state index in [0.717, 1.165) is 35.5 Å². The summed E-state index contributed by atoms with van der Waals surface area (Å²) in [5, 5.41) is 13.0. The molecule has 0 saturated carbocycles. The second-order valence-electron chi connectivity index (χ2n) is 6.13. The predicted octanol–water partition coefficient (Wildman–Crippen LogP) is 4.21. The van der Waals surface area contributed by atoms with Crippen LogP contribution in [0, 0.1) is 18.6 Å². The Balaban J connectivity index is 2.27. The lowest BCUT2D eigenvalue weighted by molar-refractivity contribution is 0.402. The van der Waals surface area contributed by atoms with E-state index >= 15 is 0 Å². The highest BCUT2D eigenvalue weighted by Gasteiger charge is 2.17. The van der Waals surface area contributed by atoms with Gasteiger partial charge in [0.2, 0.25) is 0 Å². The largest absolute Gasteiger partial charge is 0.507 e. The first-order chi connectivity index (χ1) is 10.8. The number of phenols is 1. The van der Waals surface area contributed by atoms with Gasteiger partial charge in [-0.2, -0.15) is 0 Å². The van der Waals surface area contributed by atoms with Gasteiger partial charge in [-0.15, -0.1) is 0 Å². The fourth-order valence-electron chi connectivity index (χ4n) is 2.72. The molecule has 0 aromatic heterocycles. The number of nitrogens with one attached hydrogen (secondary N) is 1. The van der Waals surface area contributed by atoms with E-state index in [9.17, 15) is 13.9 Å². The second kappa shape index (κ2) is 6.96. The molecule has 0 spiro atoms. The van der Waals surface area contributed by atoms with Crippen LogP contribution >= 0.6 is 0 Å². The fourth-order valence-corrected chi connectivity index (χ4v) is 2.72. The number of aromatic hydroxyl groups is 1. The summed E-state index contributed by atoms with van der Waals surface area (Å²) in [6.45, 7) is 4.51. The number of anilines is 1. The monoisotopic (exact) mass is 320 g/mol. The van der Waals surface area contributed by atoms with Crippen molar-refractivity contribution in [2.75, 3.05) is 19.4 Å². The van der Waals surface area contributed by atoms with E-state index in [1.165, 1.54) is 0 Å². The quantitative estimate of drug-likeness (QED) is 0.866. The van der Waals surface area contributed by atoms with Crippen LogP contribution in [-0.2, 0) is 6.54 Å². The van der Waals surface area contributed by atoms with Gasteiger partial charge in [-0.05, 0) is 51.2 Å². The summed E-state index contributed by atoms with van der Waals surface area (Å²) in [6, 6.07) is 7.23. The van der Waals surface area contributed by atoms with Gasteiger partial charge in [0.05, 0.1) is 11.6 Å². The maximum Gasteiger partial charge on any atom is 0.135 e. The first-order valence-electron chi connectivity index (χ1n) is 7.46. The van der Waals surface area contributed by atoms with E-state index in [-0.39, 0.29) is 11.3 Å². The maximum absolute atomic E-state index is 13.9. The number of aryl methyl sites for hydroxylation is 1. The van der Waals surface area contributed by atoms with Crippen LogP contribution in [0.15, 0.2) is 30.3 Å². The molecule has 2 N–H and O–H groups in total. The van der Waals surface area contributed by atoms with Crippen LogP contribution in [0.4, 0.5) is 14.5 Å². The smallest absolute Gasteiger partial charge is 0.135 e. The molecule has 23 heavy (non-hydrogen) atoms. The van der Waals surface area contributed by atoms with Gasteiger partial charge >= 0.3 is 0 Å². The lowest BCUT2D eigenvalue weighted by atomic mass is 10.0. The predicted molar refractivity (Wildman–Crippen MR) is 88.6 cm³/mol. The Bertz CT molecular complexity index is 678. The third-order valence-electron chi connectivity index (χ3n) is 3.52. The summed E-state index contributed by atoms with van der Waals surface area (Å²) in [4.78, 5) is 2.06. The van der Waals surface area contributed by atoms with Crippen LogP contribution in [0.25, 0.3) is 0 Å². The summed E-state index contributed by atoms with van der Waals surface area (Å²) in [5.41, 5.74) is 3.11. The van der Waals surface area contributed by atoms with Crippen molar-refractivity contribution in [2.45, 2.75) is 26.4 Å². The molecule has 2 aromatic rings. The van der Waals surface area contributed by atoms with Crippen LogP contribution in [0.3, 0.4) is 0 Å². The summed E-state index contributed by atoms with van der Waals surface area (Å²) in [6.07, 6.45) is 0. The van der Waals surface area contributed by atoms with Crippen LogP contribution in [0.2, 0.25) is 0 Å². The van der Waals surface area contributed by atoms with Crippen molar-refractivity contribution in [3.63, 3.8) is 0 Å². The van der Waals surface area contributed by atoms with E-state index < -0.39 is 17.7 Å². The van der Waals surface area contributed by atoms with Crippen LogP contribution < -0.4 is 5.32 Å². The molecule has 0 radical (unpaired) electrons. The Morgan fingerprint density at radius 1 is 1.13 bits per heavy atom. The van der Waals surface area contributed by atoms with Crippen LogP contribution in [0.1, 0.15) is 29.7 Å². The van der Waals surface area contributed by atoms with E-state index in [1.807, 2.05) is 33.2 Å². The Morgan fingerprint density at radius 2 is 1.83 bits per heavy atom. The molecule has 124 valence electrons. The van der Waals surface area contributed by atoms with E-state index in [1.54, 1.807) is 6.92 Å². The van der Waals surface area contributed by atoms with Crippen molar-refractivity contribution >= 4 is 5.69 Å². The number of halogens is 2. The molecule has 2 aromatic carbocycles. The van der Waals surface area contributed by atoms with Crippen LogP contribution in [-0.4, -0.2) is 24.1 Å². The molecule has 2 rings (SSSR count). The molecular weight excluding hydrogens is 298 g/mol. The average molecular weight is 320 g/mol. The molecule has 3 nitrogen and oxygen atoms in total. The van der Waals surface area contributed by atoms with Gasteiger partial charge in [0.15, 0.2) is 0 Å². The number of benzene rings is 2. The van der Waals surface area contributed by atoms with E-state index in [4.69, 9.17) is 0 Å². The molecule has 0 amide bonds. The van der Waals surface area contributed by atoms with Crippen LogP contribution in [0.5, 0.6) is 5.75 Å². The van der Waals surface area contributed by atoms with Gasteiger partial charge in [0, 0.05) is 24.4 Å². The van der Waals surface area contributed by atoms with Gasteiger partial charge in [0.25, 0.3) is 0 Å². The van der Waals surface area contributed by atoms with Gasteiger partial charge in [0.1, 0.15) is 17.4 Å². The van der Waals surface area contributed by atoms with Crippen molar-refractivity contribution in [2.24, 2.45) is 0 Å². The zero-order valence-corrected chi connectivity index (χ0v) is 13.8. The van der Waals surface area contributed by atoms with Crippen molar-refractivity contribution in [3.8, 4) is 5.75 Å². The molecule has 5 heteroatoms. The lowest BCUT2D eigenvalue weighted by Gasteiger charge is -2.19. The highest BCUT2D eigenvalue weighted by Crippen LogP contribution is 2.31. The third kappa shape index (κ3) is 4.42. The van der Waals surface area contributed by atoms with Gasteiger partial charge in [-0.1, -0.05) is 6.07 Å². The van der Waals surface area contributed by atoms with Crippen molar-refractivity contribution in [1.29, 1.82) is 0 Å². The molecule has 0 fully saturated rings. The molecule has 0 aliphatic carbocycles. The summed E-state index contributed by atoms with van der Waals surface area (Å²) in [7, 11) is 3.98. The van der Waals surface area contributed by atoms with E-state index in [0.29, 0.717) is 0 Å². The van der Waals surface area contributed by atoms with Gasteiger partial charge in [-0.25, -0.2) is 8.78 Å². The zero-order valence-electron chi connectivity index (χ0n) is 13.8. The average Bonchev–Trinajstić information content (AvgIpc) is 2.35. The zero-order chi connectivity index (χ0) is 17.1. The van der Waals surface area contributed by atoms with Crippen molar-refractivity contribution < 1.29 is 13.9 Å². The normalized spacial score (nSPS) is 12.5. The number of phenolic OH excluding ortho intramolecular Hbond substituents is 1. The number of hydrogen-bond acceptors (Lipinski definition) is 3. The number of nitrogens with zero attached hydrogens (tertiary/aromatic N) is 1. The van der Waals surface area contributed by atoms with Gasteiger partial charge in [-0.3, -0.25) is 0 Å². The van der Waals surface area contributed by atoms with Crippen molar-refractivity contribution in [3.05, 3.63) is 58.7 Å². The first kappa shape index (κ1) is 17.2. The van der Waals surface area contributed by atoms with E-state index in [2.05, 4.69) is 16.3 Å². The molecule has 0 aliphatic heterocycles. The summed E-state index contributed by atoms with van der Waals surface area (Å²) >= 11 is 0. The highest BCUT2D eigenvalue weighted by atomic mass is 19.1. The first-order valence-corrected chi connectivity index (χ1v) is 7.46. The summed E-state index contributed by atoms with van der Waals surface area (Å²) < 4.78 is 27.0. The molecule has 1 atom stereocenters. The highest BCUT2D eigenvalue weighted by molar-refractivity contribution is 5.51. The Labute approximate surface area is 135 Å². The Morgan fingerprint density at radius 3 is 2.43 bits per heavy atom. The third-order valence-corrected chi connectivity index (χ3v) is 3.52.